The van der Waals surface area contributed by atoms with Gasteiger partial charge in [0.2, 0.25) is 0 Å². The maximum Gasteiger partial charge on any atom is 0.255 e. The highest BCUT2D eigenvalue weighted by atomic mass is 79.9. The van der Waals surface area contributed by atoms with E-state index in [2.05, 4.69) is 46.8 Å². The van der Waals surface area contributed by atoms with Crippen molar-refractivity contribution < 1.29 is 4.79 Å². The molecule has 0 unspecified atom stereocenters. The van der Waals surface area contributed by atoms with Gasteiger partial charge in [-0.1, -0.05) is 30.3 Å². The van der Waals surface area contributed by atoms with Crippen LogP contribution in [0.25, 0.3) is 5.69 Å². The third-order valence-corrected chi connectivity index (χ3v) is 6.28. The number of aryl methyl sites for hydroxylation is 1. The average Bonchev–Trinajstić information content (AvgIpc) is 3.03. The van der Waals surface area contributed by atoms with Crippen molar-refractivity contribution in [2.45, 2.75) is 20.4 Å². The zero-order valence-electron chi connectivity index (χ0n) is 16.8. The van der Waals surface area contributed by atoms with Gasteiger partial charge in [-0.2, -0.15) is 5.10 Å². The molecule has 2 heterocycles. The van der Waals surface area contributed by atoms with Crippen molar-refractivity contribution in [1.29, 1.82) is 0 Å². The summed E-state index contributed by atoms with van der Waals surface area (Å²) < 4.78 is 2.88. The molecular weight excluding hydrogens is 428 g/mol. The van der Waals surface area contributed by atoms with Crippen LogP contribution in [0.1, 0.15) is 27.3 Å². The van der Waals surface area contributed by atoms with Crippen LogP contribution < -0.4 is 0 Å². The van der Waals surface area contributed by atoms with Crippen molar-refractivity contribution >= 4 is 21.8 Å². The summed E-state index contributed by atoms with van der Waals surface area (Å²) in [5, 5.41) is 4.76. The first-order chi connectivity index (χ1) is 14.0. The van der Waals surface area contributed by atoms with Crippen LogP contribution in [0.2, 0.25) is 0 Å². The smallest absolute Gasteiger partial charge is 0.255 e. The van der Waals surface area contributed by atoms with Crippen molar-refractivity contribution in [2.24, 2.45) is 0 Å². The average molecular weight is 453 g/mol. The maximum atomic E-state index is 12.8. The topological polar surface area (TPSA) is 41.4 Å². The Kier molecular flexibility index (Phi) is 5.83. The van der Waals surface area contributed by atoms with Gasteiger partial charge in [-0.05, 0) is 54.0 Å². The summed E-state index contributed by atoms with van der Waals surface area (Å²) >= 11 is 3.49. The molecule has 6 heteroatoms. The predicted octanol–water partition coefficient (Wildman–Crippen LogP) is 4.21. The Balaban J connectivity index is 1.42. The van der Waals surface area contributed by atoms with Gasteiger partial charge in [-0.3, -0.25) is 9.69 Å². The molecule has 1 aromatic heterocycles. The number of benzene rings is 2. The number of piperazine rings is 1. The number of rotatable bonds is 4. The molecule has 0 atom stereocenters. The second kappa shape index (κ2) is 8.51. The van der Waals surface area contributed by atoms with E-state index in [1.54, 1.807) is 0 Å². The minimum absolute atomic E-state index is 0.0985. The van der Waals surface area contributed by atoms with Crippen LogP contribution >= 0.6 is 15.9 Å². The van der Waals surface area contributed by atoms with Crippen LogP contribution in [-0.4, -0.2) is 51.7 Å². The zero-order valence-corrected chi connectivity index (χ0v) is 18.4. The number of carbonyl (C=O) groups excluding carboxylic acids is 1. The monoisotopic (exact) mass is 452 g/mol. The van der Waals surface area contributed by atoms with Crippen molar-refractivity contribution in [3.63, 3.8) is 0 Å². The highest BCUT2D eigenvalue weighted by Crippen LogP contribution is 2.22. The fourth-order valence-electron chi connectivity index (χ4n) is 3.86. The summed E-state index contributed by atoms with van der Waals surface area (Å²) in [4.78, 5) is 17.2. The van der Waals surface area contributed by atoms with Gasteiger partial charge in [0.15, 0.2) is 0 Å². The van der Waals surface area contributed by atoms with E-state index < -0.39 is 0 Å². The van der Waals surface area contributed by atoms with Crippen LogP contribution in [0.5, 0.6) is 0 Å². The summed E-state index contributed by atoms with van der Waals surface area (Å²) in [5.41, 5.74) is 5.35. The molecule has 4 rings (SSSR count). The number of nitrogens with zero attached hydrogens (tertiary/aromatic N) is 4. The molecule has 0 saturated carbocycles. The Labute approximate surface area is 180 Å². The highest BCUT2D eigenvalue weighted by Gasteiger charge is 2.24. The first kappa shape index (κ1) is 19.9. The lowest BCUT2D eigenvalue weighted by Gasteiger charge is -2.35. The number of amides is 1. The van der Waals surface area contributed by atoms with Gasteiger partial charge in [0.25, 0.3) is 5.91 Å². The number of para-hydroxylation sites is 1. The van der Waals surface area contributed by atoms with Crippen LogP contribution in [0.3, 0.4) is 0 Å². The van der Waals surface area contributed by atoms with E-state index >= 15 is 0 Å². The van der Waals surface area contributed by atoms with E-state index in [4.69, 9.17) is 5.10 Å². The molecule has 2 aromatic carbocycles. The van der Waals surface area contributed by atoms with E-state index in [1.165, 1.54) is 11.3 Å². The van der Waals surface area contributed by atoms with E-state index in [0.717, 1.165) is 54.1 Å². The highest BCUT2D eigenvalue weighted by molar-refractivity contribution is 9.10. The summed E-state index contributed by atoms with van der Waals surface area (Å²) in [7, 11) is 0. The molecule has 150 valence electrons. The van der Waals surface area contributed by atoms with Crippen LogP contribution in [0.15, 0.2) is 59.1 Å². The summed E-state index contributed by atoms with van der Waals surface area (Å²) in [5.74, 6) is 0.0985. The minimum Gasteiger partial charge on any atom is -0.336 e. The van der Waals surface area contributed by atoms with E-state index in [-0.39, 0.29) is 5.91 Å². The predicted molar refractivity (Wildman–Crippen MR) is 118 cm³/mol. The Morgan fingerprint density at radius 2 is 1.62 bits per heavy atom. The van der Waals surface area contributed by atoms with Gasteiger partial charge < -0.3 is 4.90 Å². The Morgan fingerprint density at radius 1 is 0.966 bits per heavy atom. The molecule has 5 nitrogen and oxygen atoms in total. The summed E-state index contributed by atoms with van der Waals surface area (Å²) in [6.45, 7) is 8.29. The third kappa shape index (κ3) is 4.14. The van der Waals surface area contributed by atoms with Crippen LogP contribution in [0.4, 0.5) is 0 Å². The minimum atomic E-state index is 0.0985. The van der Waals surface area contributed by atoms with Crippen molar-refractivity contribution in [1.82, 2.24) is 19.6 Å². The normalized spacial score (nSPS) is 14.9. The van der Waals surface area contributed by atoms with Crippen molar-refractivity contribution in [3.8, 4) is 5.69 Å². The molecule has 1 aliphatic heterocycles. The molecule has 3 aromatic rings. The van der Waals surface area contributed by atoms with E-state index in [0.29, 0.717) is 0 Å². The van der Waals surface area contributed by atoms with Gasteiger partial charge >= 0.3 is 0 Å². The first-order valence-electron chi connectivity index (χ1n) is 9.91. The molecule has 1 fully saturated rings. The van der Waals surface area contributed by atoms with Gasteiger partial charge in [-0.15, -0.1) is 0 Å². The summed E-state index contributed by atoms with van der Waals surface area (Å²) in [6.07, 6.45) is 0. The molecular formula is C23H25BrN4O. The quantitative estimate of drug-likeness (QED) is 0.595. The van der Waals surface area contributed by atoms with E-state index in [1.807, 2.05) is 52.0 Å². The number of halogens is 1. The molecule has 0 aliphatic carbocycles. The van der Waals surface area contributed by atoms with Crippen LogP contribution in [-0.2, 0) is 6.54 Å². The first-order valence-corrected chi connectivity index (χ1v) is 10.7. The van der Waals surface area contributed by atoms with Crippen molar-refractivity contribution in [3.05, 3.63) is 81.6 Å². The van der Waals surface area contributed by atoms with Crippen LogP contribution in [0, 0.1) is 13.8 Å². The van der Waals surface area contributed by atoms with Gasteiger partial charge in [0.05, 0.1) is 16.9 Å². The number of carbonyl (C=O) groups is 1. The number of aromatic nitrogens is 2. The molecule has 29 heavy (non-hydrogen) atoms. The Bertz CT molecular complexity index is 1010. The standard InChI is InChI=1S/C23H25BrN4O/c1-17-21(18(2)28(25-17)19-8-4-3-5-9-19)16-26-12-14-27(15-13-26)23(29)20-10-6-7-11-22(20)24/h3-11H,12-16H2,1-2H3. The SMILES string of the molecule is Cc1nn(-c2ccccc2)c(C)c1CN1CCN(C(=O)c2ccccc2Br)CC1. The zero-order chi connectivity index (χ0) is 20.4. The van der Waals surface area contributed by atoms with E-state index in [9.17, 15) is 4.79 Å². The second-order valence-corrected chi connectivity index (χ2v) is 8.30. The van der Waals surface area contributed by atoms with Gasteiger partial charge in [-0.25, -0.2) is 4.68 Å². The Hall–Kier alpha value is -2.44. The summed E-state index contributed by atoms with van der Waals surface area (Å²) in [6, 6.07) is 17.9. The molecule has 0 spiro atoms. The maximum absolute atomic E-state index is 12.8. The third-order valence-electron chi connectivity index (χ3n) is 5.59. The molecule has 0 radical (unpaired) electrons. The fourth-order valence-corrected chi connectivity index (χ4v) is 4.32. The fraction of sp³-hybridized carbons (Fsp3) is 0.304. The largest absolute Gasteiger partial charge is 0.336 e. The van der Waals surface area contributed by atoms with Gasteiger partial charge in [0.1, 0.15) is 0 Å². The lowest BCUT2D eigenvalue weighted by molar-refractivity contribution is 0.0627. The second-order valence-electron chi connectivity index (χ2n) is 7.44. The van der Waals surface area contributed by atoms with Crippen molar-refractivity contribution in [2.75, 3.05) is 26.2 Å². The molecule has 0 bridgehead atoms. The Morgan fingerprint density at radius 3 is 2.31 bits per heavy atom. The lowest BCUT2D eigenvalue weighted by Crippen LogP contribution is -2.48. The van der Waals surface area contributed by atoms with Gasteiger partial charge in [0, 0.05) is 48.5 Å². The lowest BCUT2D eigenvalue weighted by atomic mass is 10.1. The molecule has 1 amide bonds. The molecule has 1 saturated heterocycles. The molecule has 0 N–H and O–H groups in total. The number of hydrogen-bond donors (Lipinski definition) is 0. The molecule has 1 aliphatic rings. The number of hydrogen-bond acceptors (Lipinski definition) is 3.